The molecule has 2 aromatic rings. The van der Waals surface area contributed by atoms with E-state index in [2.05, 4.69) is 0 Å². The van der Waals surface area contributed by atoms with Crippen molar-refractivity contribution >= 4 is 38.6 Å². The average molecular weight is 599 g/mol. The number of rotatable bonds is 7. The molecule has 0 saturated heterocycles. The van der Waals surface area contributed by atoms with Gasteiger partial charge in [0, 0.05) is 17.8 Å². The summed E-state index contributed by atoms with van der Waals surface area (Å²) < 4.78 is 50.0. The number of ketones is 1. The van der Waals surface area contributed by atoms with Crippen LogP contribution in [0.25, 0.3) is 10.8 Å². The lowest BCUT2D eigenvalue weighted by Crippen LogP contribution is -2.56. The normalized spacial score (nSPS) is 38.3. The molecule has 6 saturated carbocycles. The number of aliphatic hydroxyl groups is 1. The largest absolute Gasteiger partial charge is 0.459 e. The first kappa shape index (κ1) is 27.9. The molecular weight excluding hydrogens is 564 g/mol. The first-order valence-corrected chi connectivity index (χ1v) is 16.1. The summed E-state index contributed by atoms with van der Waals surface area (Å²) in [4.78, 5) is 39.9. The molecular formula is C31H34O10S. The molecule has 6 fully saturated rings. The van der Waals surface area contributed by atoms with Crippen LogP contribution < -0.4 is 4.74 Å². The maximum Gasteiger partial charge on any atom is 0.315 e. The third-order valence-corrected chi connectivity index (χ3v) is 11.8. The Morgan fingerprint density at radius 2 is 1.64 bits per heavy atom. The van der Waals surface area contributed by atoms with Gasteiger partial charge < -0.3 is 19.3 Å². The molecule has 0 heterocycles. The van der Waals surface area contributed by atoms with Gasteiger partial charge in [0.2, 0.25) is 0 Å². The van der Waals surface area contributed by atoms with Gasteiger partial charge in [0.1, 0.15) is 30.5 Å². The van der Waals surface area contributed by atoms with Crippen molar-refractivity contribution < 1.29 is 46.7 Å². The molecule has 0 spiro atoms. The van der Waals surface area contributed by atoms with Gasteiger partial charge in [-0.2, -0.15) is 8.42 Å². The first-order valence-electron chi connectivity index (χ1n) is 14.7. The molecule has 0 amide bonds. The van der Waals surface area contributed by atoms with Gasteiger partial charge in [-0.1, -0.05) is 19.1 Å². The topological polar surface area (TPSA) is 154 Å². The quantitative estimate of drug-likeness (QED) is 0.209. The lowest BCUT2D eigenvalue weighted by molar-refractivity contribution is -0.199. The van der Waals surface area contributed by atoms with Crippen LogP contribution in [0.3, 0.4) is 0 Å². The van der Waals surface area contributed by atoms with Gasteiger partial charge in [-0.3, -0.25) is 18.9 Å². The Kier molecular flexibility index (Phi) is 6.54. The number of ether oxygens (including phenoxy) is 3. The highest BCUT2D eigenvalue weighted by atomic mass is 32.2. The lowest BCUT2D eigenvalue weighted by atomic mass is 9.49. The van der Waals surface area contributed by atoms with E-state index >= 15 is 0 Å². The summed E-state index contributed by atoms with van der Waals surface area (Å²) in [5, 5.41) is 10.8. The van der Waals surface area contributed by atoms with Gasteiger partial charge in [0.05, 0.1) is 16.2 Å². The molecule has 10 nitrogen and oxygen atoms in total. The van der Waals surface area contributed by atoms with Crippen LogP contribution in [0.4, 0.5) is 0 Å². The van der Waals surface area contributed by atoms with E-state index in [-0.39, 0.29) is 46.2 Å². The van der Waals surface area contributed by atoms with Crippen LogP contribution in [0.5, 0.6) is 5.75 Å². The van der Waals surface area contributed by atoms with Crippen molar-refractivity contribution in [2.45, 2.75) is 62.6 Å². The van der Waals surface area contributed by atoms with Crippen molar-refractivity contribution in [3.8, 4) is 5.75 Å². The zero-order valence-electron chi connectivity index (χ0n) is 23.2. The van der Waals surface area contributed by atoms with Crippen LogP contribution in [-0.2, 0) is 34.0 Å². The zero-order valence-corrected chi connectivity index (χ0v) is 24.0. The Morgan fingerprint density at radius 1 is 0.952 bits per heavy atom. The van der Waals surface area contributed by atoms with Crippen LogP contribution in [0.15, 0.2) is 41.3 Å². The first-order chi connectivity index (χ1) is 20.0. The van der Waals surface area contributed by atoms with Gasteiger partial charge in [-0.05, 0) is 91.3 Å². The minimum atomic E-state index is -4.35. The smallest absolute Gasteiger partial charge is 0.315 e. The Bertz CT molecular complexity index is 1570. The van der Waals surface area contributed by atoms with Crippen molar-refractivity contribution in [1.29, 1.82) is 0 Å². The number of hydrogen-bond acceptors (Lipinski definition) is 9. The average Bonchev–Trinajstić information content (AvgIpc) is 3.45. The summed E-state index contributed by atoms with van der Waals surface area (Å²) in [5.74, 6) is -1.10. The van der Waals surface area contributed by atoms with Crippen LogP contribution >= 0.6 is 0 Å². The molecule has 0 aliphatic heterocycles. The van der Waals surface area contributed by atoms with Gasteiger partial charge in [0.25, 0.3) is 10.1 Å². The summed E-state index contributed by atoms with van der Waals surface area (Å²) in [7, 11) is -4.35. The second-order valence-corrected chi connectivity index (χ2v) is 14.6. The minimum Gasteiger partial charge on any atom is -0.459 e. The van der Waals surface area contributed by atoms with E-state index in [1.54, 1.807) is 18.2 Å². The third kappa shape index (κ3) is 4.39. The van der Waals surface area contributed by atoms with E-state index < -0.39 is 46.4 Å². The molecule has 6 bridgehead atoms. The van der Waals surface area contributed by atoms with Gasteiger partial charge >= 0.3 is 11.9 Å². The molecule has 2 aromatic carbocycles. The van der Waals surface area contributed by atoms with Crippen molar-refractivity contribution in [2.24, 2.45) is 46.8 Å². The van der Waals surface area contributed by atoms with Crippen molar-refractivity contribution in [3.05, 3.63) is 36.4 Å². The molecule has 8 atom stereocenters. The number of aliphatic hydroxyl groups excluding tert-OH is 1. The van der Waals surface area contributed by atoms with Crippen molar-refractivity contribution in [3.63, 3.8) is 0 Å². The molecule has 2 N–H and O–H groups in total. The molecule has 0 aromatic heterocycles. The minimum absolute atomic E-state index is 0.0716. The number of benzene rings is 2. The van der Waals surface area contributed by atoms with E-state index in [4.69, 9.17) is 14.2 Å². The highest BCUT2D eigenvalue weighted by molar-refractivity contribution is 7.85. The molecule has 6 aliphatic carbocycles. The van der Waals surface area contributed by atoms with Crippen LogP contribution in [0, 0.1) is 46.8 Å². The predicted molar refractivity (Wildman–Crippen MR) is 146 cm³/mol. The highest BCUT2D eigenvalue weighted by Gasteiger charge is 2.64. The summed E-state index contributed by atoms with van der Waals surface area (Å²) in [5.41, 5.74) is -0.669. The Hall–Kier alpha value is -2.86. The van der Waals surface area contributed by atoms with Gasteiger partial charge in [-0.25, -0.2) is 0 Å². The molecule has 42 heavy (non-hydrogen) atoms. The van der Waals surface area contributed by atoms with E-state index in [1.807, 2.05) is 6.92 Å². The number of fused-ring (bicyclic) bond motifs is 3. The fourth-order valence-electron chi connectivity index (χ4n) is 9.29. The number of Topliss-reactive ketones (excluding diaryl/α,β-unsaturated/α-hetero) is 1. The van der Waals surface area contributed by atoms with E-state index in [9.17, 15) is 32.5 Å². The van der Waals surface area contributed by atoms with Crippen LogP contribution in [0.2, 0.25) is 0 Å². The van der Waals surface area contributed by atoms with Gasteiger partial charge in [-0.15, -0.1) is 0 Å². The maximum atomic E-state index is 13.8. The Labute approximate surface area is 243 Å². The summed E-state index contributed by atoms with van der Waals surface area (Å²) in [6.45, 7) is 1.43. The highest BCUT2D eigenvalue weighted by Crippen LogP contribution is 2.60. The molecule has 8 unspecified atom stereocenters. The Morgan fingerprint density at radius 3 is 2.33 bits per heavy atom. The SMILES string of the molecule is CC1C2CC(C(OC(=O)C34CC5CC(C3)C(=O)C(C5)C4)C2OCO)C1C(=O)Oc1ccc2cc(S(=O)(=O)O)ccc2c1. The third-order valence-electron chi connectivity index (χ3n) is 10.9. The molecule has 8 rings (SSSR count). The molecule has 6 aliphatic rings. The van der Waals surface area contributed by atoms with E-state index in [0.29, 0.717) is 41.7 Å². The van der Waals surface area contributed by atoms with Crippen molar-refractivity contribution in [2.75, 3.05) is 6.79 Å². The fraction of sp³-hybridized carbons (Fsp3) is 0.581. The Balaban J connectivity index is 1.10. The number of esters is 2. The number of hydrogen-bond donors (Lipinski definition) is 2. The molecule has 11 heteroatoms. The standard InChI is InChI=1S/C31H34O10S/c1-15-23-10-24(25(15)29(34)40-21-4-2-18-9-22(42(36,37)38)5-3-17(18)8-21)28(27(23)39-14-32)41-30(35)31-11-16-6-19(12-31)26(33)20(7-16)13-31/h2-5,8-9,15-16,19-20,23-25,27-28,32H,6-7,10-14H2,1H3,(H,36,37,38). The summed E-state index contributed by atoms with van der Waals surface area (Å²) >= 11 is 0. The molecule has 0 radical (unpaired) electrons. The number of carbonyl (C=O) groups excluding carboxylic acids is 3. The van der Waals surface area contributed by atoms with Crippen LogP contribution in [0.1, 0.15) is 45.4 Å². The second kappa shape index (κ2) is 9.83. The fourth-order valence-corrected chi connectivity index (χ4v) is 9.81. The summed E-state index contributed by atoms with van der Waals surface area (Å²) in [6, 6.07) is 8.95. The summed E-state index contributed by atoms with van der Waals surface area (Å²) in [6.07, 6.45) is 2.86. The monoisotopic (exact) mass is 598 g/mol. The zero-order chi connectivity index (χ0) is 29.6. The van der Waals surface area contributed by atoms with Crippen LogP contribution in [-0.4, -0.2) is 54.8 Å². The number of carbonyl (C=O) groups is 3. The van der Waals surface area contributed by atoms with Crippen molar-refractivity contribution in [1.82, 2.24) is 0 Å². The van der Waals surface area contributed by atoms with E-state index in [1.165, 1.54) is 18.2 Å². The predicted octanol–water partition coefficient (Wildman–Crippen LogP) is 3.54. The maximum absolute atomic E-state index is 13.8. The lowest BCUT2D eigenvalue weighted by Gasteiger charge is -2.54. The van der Waals surface area contributed by atoms with Gasteiger partial charge in [0.15, 0.2) is 0 Å². The molecule has 224 valence electrons. The second-order valence-electron chi connectivity index (χ2n) is 13.2. The van der Waals surface area contributed by atoms with E-state index in [0.717, 1.165) is 19.3 Å².